The van der Waals surface area contributed by atoms with Gasteiger partial charge in [-0.05, 0) is 44.5 Å². The van der Waals surface area contributed by atoms with E-state index < -0.39 is 0 Å². The van der Waals surface area contributed by atoms with Gasteiger partial charge in [0.05, 0.1) is 16.1 Å². The minimum atomic E-state index is -0.0952. The number of halogens is 1. The lowest BCUT2D eigenvalue weighted by Gasteiger charge is -2.33. The van der Waals surface area contributed by atoms with Gasteiger partial charge in [0.1, 0.15) is 4.67 Å². The molecule has 2 nitrogen and oxygen atoms in total. The summed E-state index contributed by atoms with van der Waals surface area (Å²) in [5, 5.41) is 4.40. The third-order valence-corrected chi connectivity index (χ3v) is 7.37. The molecule has 0 amide bonds. The van der Waals surface area contributed by atoms with Gasteiger partial charge in [0.25, 0.3) is 0 Å². The number of hydrogen-bond donors (Lipinski definition) is 1. The second kappa shape index (κ2) is 5.73. The zero-order valence-corrected chi connectivity index (χ0v) is 16.1. The molecule has 0 aliphatic carbocycles. The van der Waals surface area contributed by atoms with Gasteiger partial charge in [-0.25, -0.2) is 4.99 Å². The van der Waals surface area contributed by atoms with E-state index in [2.05, 4.69) is 43.4 Å². The van der Waals surface area contributed by atoms with Crippen molar-refractivity contribution in [1.82, 2.24) is 0 Å². The number of fused-ring (bicyclic) bond motifs is 3. The second-order valence-corrected chi connectivity index (χ2v) is 9.00. The van der Waals surface area contributed by atoms with Gasteiger partial charge in [0.2, 0.25) is 0 Å². The first-order valence-corrected chi connectivity index (χ1v) is 10.3. The van der Waals surface area contributed by atoms with Gasteiger partial charge in [-0.1, -0.05) is 56.5 Å². The van der Waals surface area contributed by atoms with Crippen molar-refractivity contribution in [2.45, 2.75) is 26.3 Å². The monoisotopic (exact) mass is 372 g/mol. The first kappa shape index (κ1) is 15.9. The highest BCUT2D eigenvalue weighted by atomic mass is 35.5. The normalized spacial score (nSPS) is 15.6. The second-order valence-electron chi connectivity index (χ2n) is 6.47. The van der Waals surface area contributed by atoms with Gasteiger partial charge >= 0.3 is 0 Å². The minimum Gasteiger partial charge on any atom is -0.375 e. The van der Waals surface area contributed by atoms with E-state index in [4.69, 9.17) is 16.6 Å². The molecule has 1 aliphatic rings. The van der Waals surface area contributed by atoms with Crippen LogP contribution in [0.25, 0.3) is 11.1 Å². The summed E-state index contributed by atoms with van der Waals surface area (Å²) in [5.41, 5.74) is 5.51. The Morgan fingerprint density at radius 1 is 1.04 bits per heavy atom. The number of nitrogens with zero attached hydrogens (tertiary/aromatic N) is 1. The molecule has 2 aromatic carbocycles. The van der Waals surface area contributed by atoms with Crippen LogP contribution in [0, 0.1) is 6.92 Å². The molecule has 3 aromatic rings. The van der Waals surface area contributed by atoms with E-state index in [1.54, 1.807) is 20.7 Å². The van der Waals surface area contributed by atoms with Crippen LogP contribution < -0.4 is 9.99 Å². The van der Waals surface area contributed by atoms with Gasteiger partial charge in [-0.15, -0.1) is 0 Å². The van der Waals surface area contributed by atoms with Gasteiger partial charge in [0, 0.05) is 21.8 Å². The summed E-state index contributed by atoms with van der Waals surface area (Å²) in [6.45, 7) is 6.46. The van der Waals surface area contributed by atoms with E-state index in [1.165, 1.54) is 21.7 Å². The number of rotatable bonds is 1. The van der Waals surface area contributed by atoms with Crippen LogP contribution in [0.1, 0.15) is 24.3 Å². The minimum absolute atomic E-state index is 0.0952. The third kappa shape index (κ3) is 2.50. The number of para-hydroxylation sites is 1. The fourth-order valence-electron chi connectivity index (χ4n) is 3.02. The van der Waals surface area contributed by atoms with Gasteiger partial charge in [-0.2, -0.15) is 0 Å². The molecule has 1 N–H and O–H groups in total. The topological polar surface area (TPSA) is 24.4 Å². The molecule has 0 radical (unpaired) electrons. The lowest BCUT2D eigenvalue weighted by molar-refractivity contribution is 0.619. The molecule has 0 fully saturated rings. The maximum absolute atomic E-state index is 6.26. The Bertz CT molecular complexity index is 999. The van der Waals surface area contributed by atoms with Crippen LogP contribution in [-0.2, 0) is 5.54 Å². The Hall–Kier alpha value is -1.62. The average molecular weight is 373 g/mol. The molecular weight excluding hydrogens is 356 g/mol. The van der Waals surface area contributed by atoms with Crippen molar-refractivity contribution in [1.29, 1.82) is 0 Å². The lowest BCUT2D eigenvalue weighted by atomic mass is 9.90. The molecule has 24 heavy (non-hydrogen) atoms. The molecule has 1 aromatic heterocycles. The largest absolute Gasteiger partial charge is 0.375 e. The summed E-state index contributed by atoms with van der Waals surface area (Å²) in [6.07, 6.45) is 0. The molecule has 2 heterocycles. The van der Waals surface area contributed by atoms with Crippen LogP contribution in [0.3, 0.4) is 0 Å². The molecule has 0 saturated carbocycles. The smallest absolute Gasteiger partial charge is 0.135 e. The predicted octanol–water partition coefficient (Wildman–Crippen LogP) is 6.33. The summed E-state index contributed by atoms with van der Waals surface area (Å²) in [4.78, 5) is 6.29. The van der Waals surface area contributed by atoms with E-state index in [-0.39, 0.29) is 5.54 Å². The third-order valence-electron chi connectivity index (χ3n) is 4.32. The summed E-state index contributed by atoms with van der Waals surface area (Å²) in [7, 11) is 3.54. The highest BCUT2D eigenvalue weighted by Gasteiger charge is 2.33. The number of nitrogens with one attached hydrogen (secondary N) is 1. The molecule has 0 unspecified atom stereocenters. The van der Waals surface area contributed by atoms with Crippen LogP contribution in [0.2, 0.25) is 5.02 Å². The molecule has 0 atom stereocenters. The Kier molecular flexibility index (Phi) is 3.79. The van der Waals surface area contributed by atoms with Gasteiger partial charge in [0.15, 0.2) is 0 Å². The summed E-state index contributed by atoms with van der Waals surface area (Å²) in [6, 6.07) is 14.3. The van der Waals surface area contributed by atoms with Gasteiger partial charge in [-0.3, -0.25) is 0 Å². The van der Waals surface area contributed by atoms with Gasteiger partial charge < -0.3 is 5.32 Å². The quantitative estimate of drug-likeness (QED) is 0.496. The molecule has 0 spiro atoms. The summed E-state index contributed by atoms with van der Waals surface area (Å²) < 4.78 is 1.06. The molecule has 0 saturated heterocycles. The molecule has 0 bridgehead atoms. The first-order chi connectivity index (χ1) is 11.5. The first-order valence-electron chi connectivity index (χ1n) is 7.78. The van der Waals surface area contributed by atoms with Crippen molar-refractivity contribution in [2.24, 2.45) is 4.99 Å². The zero-order valence-electron chi connectivity index (χ0n) is 13.7. The molecular formula is C19H17ClN2S2. The Morgan fingerprint density at radius 2 is 1.83 bits per heavy atom. The van der Waals surface area contributed by atoms with Crippen LogP contribution in [0.15, 0.2) is 47.5 Å². The van der Waals surface area contributed by atoms with E-state index in [1.807, 2.05) is 25.1 Å². The zero-order chi connectivity index (χ0) is 16.9. The standard InChI is InChI=1S/C19H17ClN2S2/c1-11-13(20)8-6-10-14(11)21-18-16-12-7-4-5-9-15(12)22-19(2,3)17(16)23-24-18/h4-10,22H,1-3H3. The number of anilines is 1. The van der Waals surface area contributed by atoms with E-state index >= 15 is 0 Å². The maximum Gasteiger partial charge on any atom is 0.135 e. The summed E-state index contributed by atoms with van der Waals surface area (Å²) >= 11 is 6.26. The van der Waals surface area contributed by atoms with E-state index in [0.717, 1.165) is 20.9 Å². The predicted molar refractivity (Wildman–Crippen MR) is 106 cm³/mol. The molecule has 5 heteroatoms. The lowest BCUT2D eigenvalue weighted by Crippen LogP contribution is -2.31. The van der Waals surface area contributed by atoms with Crippen molar-refractivity contribution in [3.8, 4) is 11.1 Å². The maximum atomic E-state index is 6.26. The molecule has 122 valence electrons. The van der Waals surface area contributed by atoms with Crippen molar-refractivity contribution in [3.63, 3.8) is 0 Å². The van der Waals surface area contributed by atoms with Crippen LogP contribution in [0.5, 0.6) is 0 Å². The van der Waals surface area contributed by atoms with Crippen LogP contribution >= 0.6 is 32.3 Å². The van der Waals surface area contributed by atoms with Crippen molar-refractivity contribution in [3.05, 3.63) is 62.6 Å². The number of benzene rings is 2. The van der Waals surface area contributed by atoms with Crippen molar-refractivity contribution >= 4 is 43.7 Å². The highest BCUT2D eigenvalue weighted by molar-refractivity contribution is 7.68. The van der Waals surface area contributed by atoms with Crippen LogP contribution in [0.4, 0.5) is 11.4 Å². The Balaban J connectivity index is 2.01. The Morgan fingerprint density at radius 3 is 2.67 bits per heavy atom. The van der Waals surface area contributed by atoms with Crippen LogP contribution in [-0.4, -0.2) is 0 Å². The van der Waals surface area contributed by atoms with Crippen molar-refractivity contribution in [2.75, 3.05) is 5.32 Å². The average Bonchev–Trinajstić information content (AvgIpc) is 2.97. The summed E-state index contributed by atoms with van der Waals surface area (Å²) in [5.74, 6) is 0. The highest BCUT2D eigenvalue weighted by Crippen LogP contribution is 2.45. The molecule has 4 rings (SSSR count). The SMILES string of the molecule is Cc1c(Cl)cccc1N=c1ssc2c1-c1ccccc1NC2(C)C. The van der Waals surface area contributed by atoms with Crippen molar-refractivity contribution < 1.29 is 0 Å². The Labute approximate surface area is 153 Å². The van der Waals surface area contributed by atoms with E-state index in [9.17, 15) is 0 Å². The fraction of sp³-hybridized carbons (Fsp3) is 0.211. The molecule has 1 aliphatic heterocycles. The van der Waals surface area contributed by atoms with E-state index in [0.29, 0.717) is 0 Å². The number of hydrogen-bond acceptors (Lipinski definition) is 4. The fourth-order valence-corrected chi connectivity index (χ4v) is 6.12.